The maximum absolute atomic E-state index is 11.9. The van der Waals surface area contributed by atoms with Crippen LogP contribution in [0.1, 0.15) is 21.0 Å². The number of carbonyl (C=O) groups is 1. The molecule has 0 saturated carbocycles. The van der Waals surface area contributed by atoms with Crippen molar-refractivity contribution >= 4 is 45.5 Å². The molecule has 0 atom stereocenters. The lowest BCUT2D eigenvalue weighted by Crippen LogP contribution is -2.10. The van der Waals surface area contributed by atoms with E-state index in [0.29, 0.717) is 16.5 Å². The summed E-state index contributed by atoms with van der Waals surface area (Å²) in [5.41, 5.74) is 0.482. The van der Waals surface area contributed by atoms with E-state index in [1.54, 1.807) is 36.1 Å². The molecule has 0 spiro atoms. The Kier molecular flexibility index (Phi) is 4.37. The number of thioether (sulfide) groups is 1. The first kappa shape index (κ1) is 14.3. The Labute approximate surface area is 133 Å². The molecule has 0 fully saturated rings. The minimum Gasteiger partial charge on any atom is -0.469 e. The minimum absolute atomic E-state index is 0.238. The fraction of sp³-hybridized carbons (Fsp3) is 0.154. The molecule has 1 amide bonds. The van der Waals surface area contributed by atoms with Crippen molar-refractivity contribution in [2.24, 2.45) is 0 Å². The highest BCUT2D eigenvalue weighted by Gasteiger charge is 2.12. The number of nitrogens with one attached hydrogen (secondary N) is 1. The standard InChI is InChI=1S/C13H11N3O2S3/c1-8-5-9(6-18-8)11(17)14-12-15-16-13(21-12)20-7-10-3-2-4-19-10/h2-6H,7H2,1H3,(H,14,15,17). The Morgan fingerprint density at radius 2 is 2.38 bits per heavy atom. The van der Waals surface area contributed by atoms with E-state index < -0.39 is 0 Å². The Morgan fingerprint density at radius 1 is 1.48 bits per heavy atom. The van der Waals surface area contributed by atoms with Crippen molar-refractivity contribution in [2.45, 2.75) is 17.0 Å². The lowest BCUT2D eigenvalue weighted by atomic mass is 10.3. The third kappa shape index (κ3) is 3.72. The van der Waals surface area contributed by atoms with Gasteiger partial charge in [-0.15, -0.1) is 21.5 Å². The van der Waals surface area contributed by atoms with Crippen LogP contribution in [0.25, 0.3) is 0 Å². The molecule has 108 valence electrons. The second-order valence-electron chi connectivity index (χ2n) is 4.14. The second-order valence-corrected chi connectivity index (χ2v) is 7.37. The van der Waals surface area contributed by atoms with Gasteiger partial charge in [0, 0.05) is 10.6 Å². The molecule has 1 N–H and O–H groups in total. The van der Waals surface area contributed by atoms with Gasteiger partial charge < -0.3 is 4.42 Å². The molecule has 0 bridgehead atoms. The highest BCUT2D eigenvalue weighted by molar-refractivity contribution is 8.00. The molecule has 0 aromatic carbocycles. The van der Waals surface area contributed by atoms with E-state index in [1.165, 1.54) is 22.5 Å². The SMILES string of the molecule is Cc1cc(C(=O)Nc2nnc(SCc3cccs3)s2)co1. The number of hydrogen-bond acceptors (Lipinski definition) is 7. The fourth-order valence-electron chi connectivity index (χ4n) is 1.58. The maximum Gasteiger partial charge on any atom is 0.260 e. The highest BCUT2D eigenvalue weighted by Crippen LogP contribution is 2.29. The molecule has 0 unspecified atom stereocenters. The van der Waals surface area contributed by atoms with Gasteiger partial charge in [-0.3, -0.25) is 10.1 Å². The number of aryl methyl sites for hydroxylation is 1. The van der Waals surface area contributed by atoms with Crippen molar-refractivity contribution in [3.05, 3.63) is 46.0 Å². The molecule has 3 aromatic heterocycles. The van der Waals surface area contributed by atoms with Gasteiger partial charge in [-0.1, -0.05) is 29.2 Å². The van der Waals surface area contributed by atoms with Crippen LogP contribution in [0.4, 0.5) is 5.13 Å². The summed E-state index contributed by atoms with van der Waals surface area (Å²) in [7, 11) is 0. The van der Waals surface area contributed by atoms with Crippen LogP contribution >= 0.6 is 34.4 Å². The van der Waals surface area contributed by atoms with Crippen LogP contribution in [0.3, 0.4) is 0 Å². The van der Waals surface area contributed by atoms with Crippen LogP contribution in [0, 0.1) is 6.92 Å². The molecular formula is C13H11N3O2S3. The molecule has 3 heterocycles. The largest absolute Gasteiger partial charge is 0.469 e. The number of aromatic nitrogens is 2. The zero-order valence-corrected chi connectivity index (χ0v) is 13.5. The molecule has 0 aliphatic heterocycles. The number of amides is 1. The molecule has 0 saturated heterocycles. The maximum atomic E-state index is 11.9. The van der Waals surface area contributed by atoms with Crippen molar-refractivity contribution in [3.8, 4) is 0 Å². The number of hydrogen-bond donors (Lipinski definition) is 1. The van der Waals surface area contributed by atoms with Crippen LogP contribution in [0.5, 0.6) is 0 Å². The van der Waals surface area contributed by atoms with E-state index in [9.17, 15) is 4.79 Å². The Hall–Kier alpha value is -1.64. The van der Waals surface area contributed by atoms with Gasteiger partial charge in [-0.25, -0.2) is 0 Å². The molecule has 8 heteroatoms. The summed E-state index contributed by atoms with van der Waals surface area (Å²) in [5.74, 6) is 1.32. The summed E-state index contributed by atoms with van der Waals surface area (Å²) in [4.78, 5) is 13.2. The average molecular weight is 337 g/mol. The Balaban J connectivity index is 1.58. The van der Waals surface area contributed by atoms with E-state index in [-0.39, 0.29) is 5.91 Å². The van der Waals surface area contributed by atoms with Crippen molar-refractivity contribution in [3.63, 3.8) is 0 Å². The van der Waals surface area contributed by atoms with E-state index >= 15 is 0 Å². The summed E-state index contributed by atoms with van der Waals surface area (Å²) in [5, 5.41) is 13.3. The monoisotopic (exact) mass is 337 g/mol. The molecule has 21 heavy (non-hydrogen) atoms. The first-order chi connectivity index (χ1) is 10.2. The Bertz CT molecular complexity index is 734. The molecule has 3 aromatic rings. The summed E-state index contributed by atoms with van der Waals surface area (Å²) in [6.07, 6.45) is 1.43. The quantitative estimate of drug-likeness (QED) is 0.562. The van der Waals surface area contributed by atoms with Crippen LogP contribution in [-0.4, -0.2) is 16.1 Å². The van der Waals surface area contributed by atoms with E-state index in [0.717, 1.165) is 10.1 Å². The van der Waals surface area contributed by atoms with Crippen molar-refractivity contribution in [1.29, 1.82) is 0 Å². The number of thiophene rings is 1. The molecule has 3 rings (SSSR count). The molecular weight excluding hydrogens is 326 g/mol. The number of rotatable bonds is 5. The van der Waals surface area contributed by atoms with E-state index in [2.05, 4.69) is 27.0 Å². The van der Waals surface area contributed by atoms with Gasteiger partial charge in [-0.05, 0) is 24.4 Å². The lowest BCUT2D eigenvalue weighted by Gasteiger charge is -1.96. The highest BCUT2D eigenvalue weighted by atomic mass is 32.2. The summed E-state index contributed by atoms with van der Waals surface area (Å²) in [6.45, 7) is 1.79. The molecule has 0 radical (unpaired) electrons. The first-order valence-electron chi connectivity index (χ1n) is 6.06. The van der Waals surface area contributed by atoms with Gasteiger partial charge in [-0.2, -0.15) is 0 Å². The molecule has 0 aliphatic rings. The van der Waals surface area contributed by atoms with Crippen molar-refractivity contribution in [1.82, 2.24) is 10.2 Å². The Morgan fingerprint density at radius 3 is 3.10 bits per heavy atom. The molecule has 0 aliphatic carbocycles. The number of furan rings is 1. The van der Waals surface area contributed by atoms with Gasteiger partial charge in [0.25, 0.3) is 5.91 Å². The second kappa shape index (κ2) is 6.42. The predicted molar refractivity (Wildman–Crippen MR) is 85.2 cm³/mol. The van der Waals surface area contributed by atoms with Gasteiger partial charge in [0.2, 0.25) is 5.13 Å². The molecule has 5 nitrogen and oxygen atoms in total. The number of nitrogens with zero attached hydrogens (tertiary/aromatic N) is 2. The van der Waals surface area contributed by atoms with Crippen LogP contribution < -0.4 is 5.32 Å². The zero-order valence-electron chi connectivity index (χ0n) is 11.0. The summed E-state index contributed by atoms with van der Waals surface area (Å²) >= 11 is 4.69. The summed E-state index contributed by atoms with van der Waals surface area (Å²) < 4.78 is 5.95. The van der Waals surface area contributed by atoms with Gasteiger partial charge in [0.1, 0.15) is 12.0 Å². The average Bonchev–Trinajstić information content (AvgIpc) is 3.17. The van der Waals surface area contributed by atoms with Gasteiger partial charge in [0.05, 0.1) is 5.56 Å². The topological polar surface area (TPSA) is 68.0 Å². The van der Waals surface area contributed by atoms with Gasteiger partial charge >= 0.3 is 0 Å². The van der Waals surface area contributed by atoms with Crippen LogP contribution in [-0.2, 0) is 5.75 Å². The van der Waals surface area contributed by atoms with Crippen molar-refractivity contribution in [2.75, 3.05) is 5.32 Å². The zero-order chi connectivity index (χ0) is 14.7. The normalized spacial score (nSPS) is 10.7. The third-order valence-electron chi connectivity index (χ3n) is 2.54. The summed E-state index contributed by atoms with van der Waals surface area (Å²) in [6, 6.07) is 5.80. The van der Waals surface area contributed by atoms with Crippen LogP contribution in [0.2, 0.25) is 0 Å². The number of carbonyl (C=O) groups excluding carboxylic acids is 1. The first-order valence-corrected chi connectivity index (χ1v) is 8.74. The number of anilines is 1. The van der Waals surface area contributed by atoms with Gasteiger partial charge in [0.15, 0.2) is 4.34 Å². The minimum atomic E-state index is -0.238. The predicted octanol–water partition coefficient (Wildman–Crippen LogP) is 4.05. The smallest absolute Gasteiger partial charge is 0.260 e. The fourth-order valence-corrected chi connectivity index (χ4v) is 4.10. The van der Waals surface area contributed by atoms with Crippen LogP contribution in [0.15, 0.2) is 38.6 Å². The lowest BCUT2D eigenvalue weighted by molar-refractivity contribution is 0.102. The van der Waals surface area contributed by atoms with E-state index in [4.69, 9.17) is 4.42 Å². The third-order valence-corrected chi connectivity index (χ3v) is 5.62. The van der Waals surface area contributed by atoms with Crippen molar-refractivity contribution < 1.29 is 9.21 Å². The van der Waals surface area contributed by atoms with E-state index in [1.807, 2.05) is 6.07 Å².